The molecule has 2 atom stereocenters. The van der Waals surface area contributed by atoms with Crippen LogP contribution in [0.2, 0.25) is 10.0 Å². The van der Waals surface area contributed by atoms with Crippen molar-refractivity contribution in [3.8, 4) is 0 Å². The van der Waals surface area contributed by atoms with Crippen LogP contribution in [-0.4, -0.2) is 11.7 Å². The number of aliphatic hydroxyl groups excluding tert-OH is 1. The molecular weight excluding hydrogens is 361 g/mol. The molecule has 106 valence electrons. The van der Waals surface area contributed by atoms with E-state index >= 15 is 0 Å². The summed E-state index contributed by atoms with van der Waals surface area (Å²) in [6, 6.07) is 12.7. The van der Waals surface area contributed by atoms with Gasteiger partial charge in [-0.1, -0.05) is 41.4 Å². The highest BCUT2D eigenvalue weighted by atomic mass is 79.9. The van der Waals surface area contributed by atoms with Gasteiger partial charge in [-0.05, 0) is 51.3 Å². The van der Waals surface area contributed by atoms with Crippen LogP contribution in [-0.2, 0) is 0 Å². The minimum absolute atomic E-state index is 0.194. The molecular formula is C15H14BrCl2NO. The normalized spacial score (nSPS) is 14.1. The Morgan fingerprint density at radius 2 is 1.65 bits per heavy atom. The van der Waals surface area contributed by atoms with Crippen molar-refractivity contribution in [1.82, 2.24) is 0 Å². The molecule has 0 saturated carbocycles. The molecule has 0 aromatic heterocycles. The average Bonchev–Trinajstić information content (AvgIpc) is 2.44. The summed E-state index contributed by atoms with van der Waals surface area (Å²) < 4.78 is 0.752. The van der Waals surface area contributed by atoms with E-state index in [0.717, 1.165) is 15.6 Å². The van der Waals surface area contributed by atoms with Gasteiger partial charge in [0.2, 0.25) is 0 Å². The van der Waals surface area contributed by atoms with E-state index < -0.39 is 6.10 Å². The van der Waals surface area contributed by atoms with Crippen LogP contribution >= 0.6 is 39.1 Å². The largest absolute Gasteiger partial charge is 0.388 e. The van der Waals surface area contributed by atoms with Crippen LogP contribution in [0.25, 0.3) is 0 Å². The van der Waals surface area contributed by atoms with Crippen molar-refractivity contribution in [3.63, 3.8) is 0 Å². The van der Waals surface area contributed by atoms with Crippen molar-refractivity contribution in [3.05, 3.63) is 68.1 Å². The quantitative estimate of drug-likeness (QED) is 0.825. The summed E-state index contributed by atoms with van der Waals surface area (Å²) in [5.74, 6) is -0.194. The van der Waals surface area contributed by atoms with Crippen molar-refractivity contribution < 1.29 is 5.11 Å². The van der Waals surface area contributed by atoms with E-state index in [9.17, 15) is 5.11 Å². The Bertz CT molecular complexity index is 589. The minimum atomic E-state index is -0.699. The predicted octanol–water partition coefficient (Wildman–Crippen LogP) is 4.53. The first-order valence-corrected chi connectivity index (χ1v) is 7.66. The highest BCUT2D eigenvalue weighted by molar-refractivity contribution is 9.10. The molecule has 2 aromatic rings. The van der Waals surface area contributed by atoms with Gasteiger partial charge in [0.15, 0.2) is 0 Å². The zero-order valence-electron chi connectivity index (χ0n) is 10.6. The molecule has 0 aliphatic rings. The highest BCUT2D eigenvalue weighted by Gasteiger charge is 2.22. The van der Waals surface area contributed by atoms with Gasteiger partial charge in [-0.25, -0.2) is 0 Å². The van der Waals surface area contributed by atoms with Gasteiger partial charge in [0.1, 0.15) is 0 Å². The molecule has 0 radical (unpaired) electrons. The molecule has 5 heteroatoms. The van der Waals surface area contributed by atoms with E-state index in [0.29, 0.717) is 16.6 Å². The number of benzene rings is 2. The molecule has 2 rings (SSSR count). The monoisotopic (exact) mass is 373 g/mol. The van der Waals surface area contributed by atoms with Crippen LogP contribution in [0, 0.1) is 0 Å². The van der Waals surface area contributed by atoms with E-state index in [-0.39, 0.29) is 5.92 Å². The molecule has 2 aromatic carbocycles. The van der Waals surface area contributed by atoms with Gasteiger partial charge in [-0.3, -0.25) is 0 Å². The van der Waals surface area contributed by atoms with Crippen molar-refractivity contribution >= 4 is 39.1 Å². The Morgan fingerprint density at radius 1 is 1.05 bits per heavy atom. The number of nitrogens with two attached hydrogens (primary N) is 1. The third-order valence-electron chi connectivity index (χ3n) is 3.22. The molecule has 0 spiro atoms. The third kappa shape index (κ3) is 3.54. The molecule has 0 amide bonds. The van der Waals surface area contributed by atoms with E-state index in [1.807, 2.05) is 18.2 Å². The second kappa shape index (κ2) is 6.92. The summed E-state index contributed by atoms with van der Waals surface area (Å²) >= 11 is 15.2. The minimum Gasteiger partial charge on any atom is -0.388 e. The fraction of sp³-hybridized carbons (Fsp3) is 0.200. The van der Waals surface area contributed by atoms with Gasteiger partial charge < -0.3 is 10.8 Å². The maximum absolute atomic E-state index is 10.5. The molecule has 0 bridgehead atoms. The topological polar surface area (TPSA) is 46.2 Å². The number of halogens is 3. The molecule has 0 heterocycles. The number of aliphatic hydroxyl groups is 1. The standard InChI is InChI=1S/C15H14BrCl2NO/c16-13-7-10(3-6-14(13)18)15(20)12(8-19)9-1-4-11(17)5-2-9/h1-7,12,15,20H,8,19H2. The summed E-state index contributed by atoms with van der Waals surface area (Å²) in [6.45, 7) is 0.336. The Balaban J connectivity index is 2.30. The zero-order valence-corrected chi connectivity index (χ0v) is 13.7. The van der Waals surface area contributed by atoms with Gasteiger partial charge in [0, 0.05) is 22.0 Å². The fourth-order valence-corrected chi connectivity index (χ4v) is 2.73. The molecule has 3 N–H and O–H groups in total. The number of rotatable bonds is 4. The van der Waals surface area contributed by atoms with Crippen LogP contribution in [0.1, 0.15) is 23.1 Å². The lowest BCUT2D eigenvalue weighted by Crippen LogP contribution is -2.20. The Hall–Kier alpha value is -0.580. The number of hydrogen-bond donors (Lipinski definition) is 2. The zero-order chi connectivity index (χ0) is 14.7. The number of hydrogen-bond acceptors (Lipinski definition) is 2. The first-order valence-electron chi connectivity index (χ1n) is 6.11. The van der Waals surface area contributed by atoms with Crippen LogP contribution in [0.4, 0.5) is 0 Å². The molecule has 0 saturated heterocycles. The molecule has 2 nitrogen and oxygen atoms in total. The molecule has 2 unspecified atom stereocenters. The maximum atomic E-state index is 10.5. The van der Waals surface area contributed by atoms with Crippen molar-refractivity contribution in [1.29, 1.82) is 0 Å². The second-order valence-electron chi connectivity index (χ2n) is 4.51. The predicted molar refractivity (Wildman–Crippen MR) is 87.4 cm³/mol. The van der Waals surface area contributed by atoms with E-state index in [2.05, 4.69) is 15.9 Å². The molecule has 0 aliphatic heterocycles. The Labute approximate surface area is 136 Å². The van der Waals surface area contributed by atoms with Crippen LogP contribution in [0.15, 0.2) is 46.9 Å². The Morgan fingerprint density at radius 3 is 2.20 bits per heavy atom. The second-order valence-corrected chi connectivity index (χ2v) is 6.21. The van der Waals surface area contributed by atoms with Crippen molar-refractivity contribution in [2.75, 3.05) is 6.54 Å². The Kier molecular flexibility index (Phi) is 5.47. The average molecular weight is 375 g/mol. The molecule has 0 aliphatic carbocycles. The van der Waals surface area contributed by atoms with Crippen LogP contribution in [0.3, 0.4) is 0 Å². The molecule has 20 heavy (non-hydrogen) atoms. The molecule has 0 fully saturated rings. The van der Waals surface area contributed by atoms with Gasteiger partial charge >= 0.3 is 0 Å². The summed E-state index contributed by atoms with van der Waals surface area (Å²) in [6.07, 6.45) is -0.699. The lowest BCUT2D eigenvalue weighted by atomic mass is 9.89. The smallest absolute Gasteiger partial charge is 0.0871 e. The third-order valence-corrected chi connectivity index (χ3v) is 4.68. The first kappa shape index (κ1) is 15.8. The van der Waals surface area contributed by atoms with Crippen LogP contribution in [0.5, 0.6) is 0 Å². The lowest BCUT2D eigenvalue weighted by molar-refractivity contribution is 0.147. The fourth-order valence-electron chi connectivity index (χ4n) is 2.09. The van der Waals surface area contributed by atoms with Gasteiger partial charge in [0.25, 0.3) is 0 Å². The van der Waals surface area contributed by atoms with Crippen LogP contribution < -0.4 is 5.73 Å². The van der Waals surface area contributed by atoms with E-state index in [1.165, 1.54) is 0 Å². The van der Waals surface area contributed by atoms with E-state index in [4.69, 9.17) is 28.9 Å². The van der Waals surface area contributed by atoms with Crippen molar-refractivity contribution in [2.24, 2.45) is 5.73 Å². The highest BCUT2D eigenvalue weighted by Crippen LogP contribution is 2.33. The van der Waals surface area contributed by atoms with Crippen molar-refractivity contribution in [2.45, 2.75) is 12.0 Å². The maximum Gasteiger partial charge on any atom is 0.0871 e. The van der Waals surface area contributed by atoms with Gasteiger partial charge in [0.05, 0.1) is 11.1 Å². The van der Waals surface area contributed by atoms with E-state index in [1.54, 1.807) is 24.3 Å². The SMILES string of the molecule is NCC(c1ccc(Cl)cc1)C(O)c1ccc(Cl)c(Br)c1. The summed E-state index contributed by atoms with van der Waals surface area (Å²) in [4.78, 5) is 0. The summed E-state index contributed by atoms with van der Waals surface area (Å²) in [5, 5.41) is 11.8. The van der Waals surface area contributed by atoms with Gasteiger partial charge in [-0.2, -0.15) is 0 Å². The summed E-state index contributed by atoms with van der Waals surface area (Å²) in [5.41, 5.74) is 7.54. The summed E-state index contributed by atoms with van der Waals surface area (Å²) in [7, 11) is 0. The first-order chi connectivity index (χ1) is 9.52. The lowest BCUT2D eigenvalue weighted by Gasteiger charge is -2.22. The van der Waals surface area contributed by atoms with Gasteiger partial charge in [-0.15, -0.1) is 0 Å².